The first kappa shape index (κ1) is 14.7. The Bertz CT molecular complexity index is 913. The first-order valence-electron chi connectivity index (χ1n) is 6.99. The normalized spacial score (nSPS) is 10.8. The molecule has 0 amide bonds. The van der Waals surface area contributed by atoms with Crippen molar-refractivity contribution in [3.05, 3.63) is 64.2 Å². The van der Waals surface area contributed by atoms with Crippen molar-refractivity contribution in [3.8, 4) is 0 Å². The Balaban J connectivity index is 1.94. The minimum Gasteiger partial charge on any atom is -0.291 e. The van der Waals surface area contributed by atoms with Gasteiger partial charge in [0.1, 0.15) is 17.6 Å². The van der Waals surface area contributed by atoms with Gasteiger partial charge in [0.2, 0.25) is 0 Å². The molecule has 0 unspecified atom stereocenters. The molecule has 0 saturated heterocycles. The Morgan fingerprint density at radius 2 is 1.87 bits per heavy atom. The van der Waals surface area contributed by atoms with Crippen molar-refractivity contribution in [2.75, 3.05) is 5.73 Å². The number of imidazole rings is 1. The van der Waals surface area contributed by atoms with Crippen molar-refractivity contribution < 1.29 is 14.3 Å². The minimum atomic E-state index is -0.494. The van der Waals surface area contributed by atoms with E-state index >= 15 is 0 Å². The van der Waals surface area contributed by atoms with Gasteiger partial charge in [0, 0.05) is 17.7 Å². The number of nitro benzene ring substituents is 1. The van der Waals surface area contributed by atoms with Crippen LogP contribution in [0.5, 0.6) is 0 Å². The summed E-state index contributed by atoms with van der Waals surface area (Å²) in [7, 11) is 1.84. The summed E-state index contributed by atoms with van der Waals surface area (Å²) >= 11 is 0. The number of benzene rings is 2. The van der Waals surface area contributed by atoms with Gasteiger partial charge in [0.05, 0.1) is 12.0 Å². The second kappa shape index (κ2) is 5.53. The Hall–Kier alpha value is -3.22. The van der Waals surface area contributed by atoms with Crippen LogP contribution < -0.4 is 10.3 Å². The highest BCUT2D eigenvalue weighted by atomic mass is 16.6. The van der Waals surface area contributed by atoms with Crippen LogP contribution in [0.25, 0.3) is 11.0 Å². The number of aryl methyl sites for hydroxylation is 1. The lowest BCUT2D eigenvalue weighted by molar-refractivity contribution is -0.630. The third-order valence-corrected chi connectivity index (χ3v) is 3.86. The molecule has 1 aromatic heterocycles. The van der Waals surface area contributed by atoms with E-state index in [9.17, 15) is 14.9 Å². The van der Waals surface area contributed by atoms with Crippen molar-refractivity contribution >= 4 is 28.5 Å². The number of non-ortho nitro benzene ring substituents is 1. The summed E-state index contributed by atoms with van der Waals surface area (Å²) in [5, 5.41) is 10.7. The fourth-order valence-electron chi connectivity index (χ4n) is 2.57. The fourth-order valence-corrected chi connectivity index (χ4v) is 2.57. The Kier molecular flexibility index (Phi) is 3.53. The van der Waals surface area contributed by atoms with Gasteiger partial charge in [-0.1, -0.05) is 12.1 Å². The van der Waals surface area contributed by atoms with Gasteiger partial charge in [0.25, 0.3) is 5.69 Å². The van der Waals surface area contributed by atoms with Gasteiger partial charge >= 0.3 is 5.95 Å². The number of nitrogens with two attached hydrogens (primary N) is 1. The van der Waals surface area contributed by atoms with E-state index in [-0.39, 0.29) is 18.0 Å². The van der Waals surface area contributed by atoms with Gasteiger partial charge in [0.15, 0.2) is 5.78 Å². The lowest BCUT2D eigenvalue weighted by Crippen LogP contribution is -2.31. The zero-order valence-corrected chi connectivity index (χ0v) is 12.5. The Morgan fingerprint density at radius 3 is 2.52 bits per heavy atom. The average molecular weight is 311 g/mol. The van der Waals surface area contributed by atoms with Crippen LogP contribution in [0.1, 0.15) is 10.4 Å². The molecule has 3 rings (SSSR count). The molecule has 0 aliphatic heterocycles. The van der Waals surface area contributed by atoms with E-state index in [2.05, 4.69) is 0 Å². The van der Waals surface area contributed by atoms with Gasteiger partial charge in [-0.25, -0.2) is 9.13 Å². The SMILES string of the molecule is C[n+]1c(N)n(CC(=O)c2ccc([N+](=O)[O-])cc2)c2ccccc21. The molecule has 0 bridgehead atoms. The predicted molar refractivity (Wildman–Crippen MR) is 85.0 cm³/mol. The van der Waals surface area contributed by atoms with E-state index in [4.69, 9.17) is 5.73 Å². The number of carbonyl (C=O) groups excluding carboxylic acids is 1. The van der Waals surface area contributed by atoms with Gasteiger partial charge in [-0.05, 0) is 24.3 Å². The molecule has 0 spiro atoms. The first-order valence-corrected chi connectivity index (χ1v) is 6.99. The lowest BCUT2D eigenvalue weighted by Gasteiger charge is -2.01. The number of para-hydroxylation sites is 2. The number of carbonyl (C=O) groups is 1. The van der Waals surface area contributed by atoms with Crippen molar-refractivity contribution in [2.24, 2.45) is 7.05 Å². The lowest BCUT2D eigenvalue weighted by atomic mass is 10.1. The van der Waals surface area contributed by atoms with E-state index in [0.29, 0.717) is 11.5 Å². The second-order valence-corrected chi connectivity index (χ2v) is 5.22. The van der Waals surface area contributed by atoms with Gasteiger partial charge in [-0.15, -0.1) is 0 Å². The number of hydrogen-bond donors (Lipinski definition) is 1. The summed E-state index contributed by atoms with van der Waals surface area (Å²) in [5.74, 6) is 0.314. The van der Waals surface area contributed by atoms with Crippen LogP contribution in [-0.4, -0.2) is 15.3 Å². The number of hydrogen-bond acceptors (Lipinski definition) is 4. The van der Waals surface area contributed by atoms with Crippen molar-refractivity contribution in [2.45, 2.75) is 6.54 Å². The summed E-state index contributed by atoms with van der Waals surface area (Å²) in [6.45, 7) is 0.0744. The smallest absolute Gasteiger partial charge is 0.291 e. The molecule has 2 aromatic carbocycles. The molecule has 0 aliphatic carbocycles. The highest BCUT2D eigenvalue weighted by Gasteiger charge is 2.21. The van der Waals surface area contributed by atoms with Crippen LogP contribution in [0.15, 0.2) is 48.5 Å². The molecule has 0 radical (unpaired) electrons. The second-order valence-electron chi connectivity index (χ2n) is 5.22. The van der Waals surface area contributed by atoms with E-state index < -0.39 is 4.92 Å². The monoisotopic (exact) mass is 311 g/mol. The number of ketones is 1. The largest absolute Gasteiger partial charge is 0.356 e. The molecular formula is C16H15N4O3+. The summed E-state index contributed by atoms with van der Waals surface area (Å²) in [5.41, 5.74) is 8.26. The molecule has 0 fully saturated rings. The zero-order valence-electron chi connectivity index (χ0n) is 12.5. The highest BCUT2D eigenvalue weighted by Crippen LogP contribution is 2.17. The Morgan fingerprint density at radius 1 is 1.22 bits per heavy atom. The summed E-state index contributed by atoms with van der Waals surface area (Å²) < 4.78 is 3.55. The highest BCUT2D eigenvalue weighted by molar-refractivity contribution is 5.97. The summed E-state index contributed by atoms with van der Waals surface area (Å²) in [6.07, 6.45) is 0. The molecule has 0 saturated carbocycles. The number of Topliss-reactive ketones (excluding diaryl/α,β-unsaturated/α-hetero) is 1. The fraction of sp³-hybridized carbons (Fsp3) is 0.125. The number of nitro groups is 1. The number of rotatable bonds is 4. The van der Waals surface area contributed by atoms with Gasteiger partial charge in [-0.2, -0.15) is 0 Å². The number of fused-ring (bicyclic) bond motifs is 1. The summed E-state index contributed by atoms with van der Waals surface area (Å²) in [4.78, 5) is 22.6. The van der Waals surface area contributed by atoms with Crippen LogP contribution in [0.4, 0.5) is 11.6 Å². The van der Waals surface area contributed by atoms with Crippen LogP contribution in [0, 0.1) is 10.1 Å². The van der Waals surface area contributed by atoms with E-state index in [1.54, 1.807) is 4.57 Å². The average Bonchev–Trinajstić information content (AvgIpc) is 2.80. The van der Waals surface area contributed by atoms with Crippen LogP contribution in [0.2, 0.25) is 0 Å². The molecule has 7 nitrogen and oxygen atoms in total. The number of anilines is 1. The van der Waals surface area contributed by atoms with Crippen molar-refractivity contribution in [3.63, 3.8) is 0 Å². The molecule has 116 valence electrons. The van der Waals surface area contributed by atoms with E-state index in [1.807, 2.05) is 35.9 Å². The summed E-state index contributed by atoms with van der Waals surface area (Å²) in [6, 6.07) is 13.2. The molecule has 0 atom stereocenters. The quantitative estimate of drug-likeness (QED) is 0.344. The van der Waals surface area contributed by atoms with Crippen LogP contribution in [-0.2, 0) is 13.6 Å². The molecule has 23 heavy (non-hydrogen) atoms. The number of nitrogens with zero attached hydrogens (tertiary/aromatic N) is 3. The number of aromatic nitrogens is 2. The molecule has 0 aliphatic rings. The maximum absolute atomic E-state index is 12.4. The standard InChI is InChI=1S/C16H14N4O3/c1-18-13-4-2-3-5-14(13)19(16(18)17)10-15(21)11-6-8-12(9-7-11)20(22)23/h2-9,17H,10H2,1H3/p+1. The maximum Gasteiger partial charge on any atom is 0.356 e. The van der Waals surface area contributed by atoms with Crippen molar-refractivity contribution in [1.82, 2.24) is 4.57 Å². The third-order valence-electron chi connectivity index (χ3n) is 3.86. The van der Waals surface area contributed by atoms with Crippen LogP contribution >= 0.6 is 0 Å². The third kappa shape index (κ3) is 2.52. The van der Waals surface area contributed by atoms with Crippen molar-refractivity contribution in [1.29, 1.82) is 0 Å². The Labute approximate surface area is 131 Å². The molecule has 7 heteroatoms. The number of nitrogen functional groups attached to an aromatic ring is 1. The molecular weight excluding hydrogens is 296 g/mol. The molecule has 1 heterocycles. The van der Waals surface area contributed by atoms with E-state index in [1.165, 1.54) is 24.3 Å². The van der Waals surface area contributed by atoms with Crippen LogP contribution in [0.3, 0.4) is 0 Å². The maximum atomic E-state index is 12.4. The minimum absolute atomic E-state index is 0.0427. The zero-order chi connectivity index (χ0) is 16.6. The molecule has 3 aromatic rings. The molecule has 2 N–H and O–H groups in total. The predicted octanol–water partition coefficient (Wildman–Crippen LogP) is 1.84. The first-order chi connectivity index (χ1) is 11.0. The van der Waals surface area contributed by atoms with Gasteiger partial charge < -0.3 is 0 Å². The van der Waals surface area contributed by atoms with E-state index in [0.717, 1.165) is 11.0 Å². The topological polar surface area (TPSA) is 95.0 Å². The van der Waals surface area contributed by atoms with Gasteiger partial charge in [-0.3, -0.25) is 20.6 Å².